The van der Waals surface area contributed by atoms with Crippen molar-refractivity contribution in [3.63, 3.8) is 0 Å². The van der Waals surface area contributed by atoms with Crippen molar-refractivity contribution in [2.45, 2.75) is 24.3 Å². The zero-order valence-electron chi connectivity index (χ0n) is 17.9. The predicted molar refractivity (Wildman–Crippen MR) is 120 cm³/mol. The first-order chi connectivity index (χ1) is 15.9. The summed E-state index contributed by atoms with van der Waals surface area (Å²) in [5, 5.41) is 2.93. The van der Waals surface area contributed by atoms with Crippen molar-refractivity contribution in [1.29, 1.82) is 0 Å². The Labute approximate surface area is 192 Å². The highest BCUT2D eigenvalue weighted by Gasteiger charge is 2.32. The van der Waals surface area contributed by atoms with Crippen LogP contribution >= 0.6 is 0 Å². The molecule has 2 aromatic carbocycles. The maximum absolute atomic E-state index is 13.0. The number of hydrogen-bond donors (Lipinski definition) is 1. The highest BCUT2D eigenvalue weighted by atomic mass is 32.2. The van der Waals surface area contributed by atoms with Crippen molar-refractivity contribution in [1.82, 2.24) is 14.6 Å². The van der Waals surface area contributed by atoms with Gasteiger partial charge in [0.15, 0.2) is 0 Å². The molecule has 172 valence electrons. The fourth-order valence-corrected chi connectivity index (χ4v) is 5.09. The number of pyridine rings is 1. The molecule has 0 spiro atoms. The first-order valence-corrected chi connectivity index (χ1v) is 12.1. The van der Waals surface area contributed by atoms with Crippen molar-refractivity contribution >= 4 is 15.9 Å². The minimum Gasteiger partial charge on any atom is -0.457 e. The molecule has 0 aliphatic carbocycles. The van der Waals surface area contributed by atoms with Gasteiger partial charge in [-0.3, -0.25) is 9.78 Å². The van der Waals surface area contributed by atoms with Gasteiger partial charge in [-0.05, 0) is 66.9 Å². The topological polar surface area (TPSA) is 88.6 Å². The Hall–Kier alpha value is -3.30. The monoisotopic (exact) mass is 469 g/mol. The van der Waals surface area contributed by atoms with E-state index in [0.717, 1.165) is 5.56 Å². The van der Waals surface area contributed by atoms with Gasteiger partial charge in [-0.25, -0.2) is 12.8 Å². The highest BCUT2D eigenvalue weighted by molar-refractivity contribution is 7.89. The van der Waals surface area contributed by atoms with Crippen molar-refractivity contribution in [3.05, 3.63) is 84.4 Å². The molecule has 0 radical (unpaired) electrons. The molecule has 1 N–H and O–H groups in total. The van der Waals surface area contributed by atoms with Gasteiger partial charge in [0.25, 0.3) is 0 Å². The fourth-order valence-electron chi connectivity index (χ4n) is 3.65. The lowest BCUT2D eigenvalue weighted by molar-refractivity contribution is -0.126. The largest absolute Gasteiger partial charge is 0.457 e. The molecule has 7 nitrogen and oxygen atoms in total. The molecule has 0 atom stereocenters. The number of piperidine rings is 1. The molecule has 0 bridgehead atoms. The predicted octanol–water partition coefficient (Wildman–Crippen LogP) is 3.73. The van der Waals surface area contributed by atoms with Crippen LogP contribution < -0.4 is 10.1 Å². The van der Waals surface area contributed by atoms with E-state index in [1.54, 1.807) is 30.3 Å². The van der Waals surface area contributed by atoms with E-state index < -0.39 is 10.0 Å². The molecular formula is C24H24FN3O4S. The second-order valence-electron chi connectivity index (χ2n) is 7.78. The molecule has 1 aliphatic rings. The van der Waals surface area contributed by atoms with E-state index in [2.05, 4.69) is 10.3 Å². The van der Waals surface area contributed by atoms with Crippen molar-refractivity contribution in [3.8, 4) is 11.5 Å². The maximum Gasteiger partial charge on any atom is 0.244 e. The Morgan fingerprint density at radius 2 is 1.67 bits per heavy atom. The third-order valence-corrected chi connectivity index (χ3v) is 7.42. The normalized spacial score (nSPS) is 15.2. The summed E-state index contributed by atoms with van der Waals surface area (Å²) in [5.41, 5.74) is 0.909. The van der Waals surface area contributed by atoms with E-state index >= 15 is 0 Å². The lowest BCUT2D eigenvalue weighted by Crippen LogP contribution is -2.42. The smallest absolute Gasteiger partial charge is 0.244 e. The number of carbonyl (C=O) groups is 1. The van der Waals surface area contributed by atoms with Crippen LogP contribution in [0.25, 0.3) is 0 Å². The molecule has 1 aromatic heterocycles. The quantitative estimate of drug-likeness (QED) is 0.570. The van der Waals surface area contributed by atoms with E-state index in [4.69, 9.17) is 4.74 Å². The third-order valence-electron chi connectivity index (χ3n) is 5.54. The van der Waals surface area contributed by atoms with E-state index in [1.165, 1.54) is 34.9 Å². The summed E-state index contributed by atoms with van der Waals surface area (Å²) in [6.07, 6.45) is 3.80. The standard InChI is InChI=1S/C24H24FN3O4S/c25-20-5-9-22(10-6-20)32-21-7-3-18(4-8-21)16-27-24(29)19-11-14-28(15-12-19)33(30,31)23-2-1-13-26-17-23/h1-10,13,17,19H,11-12,14-16H2,(H,27,29). The number of aromatic nitrogens is 1. The van der Waals surface area contributed by atoms with Gasteiger partial charge < -0.3 is 10.1 Å². The molecular weight excluding hydrogens is 445 g/mol. The molecule has 0 unspecified atom stereocenters. The second-order valence-corrected chi connectivity index (χ2v) is 9.72. The summed E-state index contributed by atoms with van der Waals surface area (Å²) in [5.74, 6) is 0.508. The van der Waals surface area contributed by atoms with Crippen LogP contribution in [0.1, 0.15) is 18.4 Å². The van der Waals surface area contributed by atoms with Gasteiger partial charge >= 0.3 is 0 Å². The van der Waals surface area contributed by atoms with Crippen LogP contribution in [0.2, 0.25) is 0 Å². The lowest BCUT2D eigenvalue weighted by atomic mass is 9.97. The van der Waals surface area contributed by atoms with E-state index in [1.807, 2.05) is 12.1 Å². The van der Waals surface area contributed by atoms with Crippen molar-refractivity contribution in [2.75, 3.05) is 13.1 Å². The average Bonchev–Trinajstić information content (AvgIpc) is 2.85. The van der Waals surface area contributed by atoms with Crippen LogP contribution in [0, 0.1) is 11.7 Å². The molecule has 1 saturated heterocycles. The molecule has 1 amide bonds. The van der Waals surface area contributed by atoms with E-state index in [9.17, 15) is 17.6 Å². The molecule has 33 heavy (non-hydrogen) atoms. The van der Waals surface area contributed by atoms with Crippen LogP contribution in [0.4, 0.5) is 4.39 Å². The Balaban J connectivity index is 1.25. The second kappa shape index (κ2) is 10.1. The summed E-state index contributed by atoms with van der Waals surface area (Å²) in [6, 6.07) is 16.2. The first-order valence-electron chi connectivity index (χ1n) is 10.6. The minimum absolute atomic E-state index is 0.0833. The number of nitrogens with one attached hydrogen (secondary N) is 1. The number of carbonyl (C=O) groups excluding carboxylic acids is 1. The molecule has 4 rings (SSSR count). The number of nitrogens with zero attached hydrogens (tertiary/aromatic N) is 2. The Morgan fingerprint density at radius 1 is 1.03 bits per heavy atom. The Kier molecular flexibility index (Phi) is 7.00. The van der Waals surface area contributed by atoms with Crippen LogP contribution in [-0.4, -0.2) is 36.7 Å². The van der Waals surface area contributed by atoms with E-state index in [0.29, 0.717) is 44.0 Å². The van der Waals surface area contributed by atoms with Gasteiger partial charge in [0.1, 0.15) is 22.2 Å². The van der Waals surface area contributed by atoms with Gasteiger partial charge in [-0.1, -0.05) is 12.1 Å². The zero-order valence-corrected chi connectivity index (χ0v) is 18.7. The van der Waals surface area contributed by atoms with Crippen molar-refractivity contribution < 1.29 is 22.3 Å². The summed E-state index contributed by atoms with van der Waals surface area (Å²) in [7, 11) is -3.59. The molecule has 1 aliphatic heterocycles. The number of halogens is 1. The number of sulfonamides is 1. The number of rotatable bonds is 7. The van der Waals surface area contributed by atoms with Crippen LogP contribution in [-0.2, 0) is 21.4 Å². The number of amides is 1. The van der Waals surface area contributed by atoms with Crippen LogP contribution in [0.5, 0.6) is 11.5 Å². The zero-order chi connectivity index (χ0) is 23.3. The summed E-state index contributed by atoms with van der Waals surface area (Å²) in [6.45, 7) is 0.958. The lowest BCUT2D eigenvalue weighted by Gasteiger charge is -2.30. The summed E-state index contributed by atoms with van der Waals surface area (Å²) in [4.78, 5) is 16.6. The minimum atomic E-state index is -3.59. The van der Waals surface area contributed by atoms with Gasteiger partial charge in [0, 0.05) is 37.9 Å². The fraction of sp³-hybridized carbons (Fsp3) is 0.250. The van der Waals surface area contributed by atoms with Crippen LogP contribution in [0.3, 0.4) is 0 Å². The van der Waals surface area contributed by atoms with E-state index in [-0.39, 0.29) is 22.5 Å². The molecule has 9 heteroatoms. The number of benzene rings is 2. The Morgan fingerprint density at radius 3 is 2.27 bits per heavy atom. The van der Waals surface area contributed by atoms with Gasteiger partial charge in [-0.15, -0.1) is 0 Å². The van der Waals surface area contributed by atoms with Gasteiger partial charge in [0.2, 0.25) is 15.9 Å². The molecule has 1 fully saturated rings. The molecule has 0 saturated carbocycles. The molecule has 3 aromatic rings. The maximum atomic E-state index is 13.0. The third kappa shape index (κ3) is 5.74. The summed E-state index contributed by atoms with van der Waals surface area (Å²) >= 11 is 0. The van der Waals surface area contributed by atoms with Crippen molar-refractivity contribution in [2.24, 2.45) is 5.92 Å². The average molecular weight is 470 g/mol. The number of ether oxygens (including phenoxy) is 1. The number of hydrogen-bond acceptors (Lipinski definition) is 5. The van der Waals surface area contributed by atoms with Gasteiger partial charge in [0.05, 0.1) is 0 Å². The first kappa shape index (κ1) is 22.9. The highest BCUT2D eigenvalue weighted by Crippen LogP contribution is 2.24. The Bertz CT molecular complexity index is 1180. The molecule has 2 heterocycles. The SMILES string of the molecule is O=C(NCc1ccc(Oc2ccc(F)cc2)cc1)C1CCN(S(=O)(=O)c2cccnc2)CC1. The summed E-state index contributed by atoms with van der Waals surface area (Å²) < 4.78 is 45.4. The van der Waals surface area contributed by atoms with Gasteiger partial charge in [-0.2, -0.15) is 4.31 Å². The van der Waals surface area contributed by atoms with Crippen LogP contribution in [0.15, 0.2) is 78.0 Å².